The van der Waals surface area contributed by atoms with Gasteiger partial charge < -0.3 is 14.8 Å². The number of hydrogen-bond donors (Lipinski definition) is 1. The summed E-state index contributed by atoms with van der Waals surface area (Å²) in [4.78, 5) is 23.8. The molecule has 1 aliphatic rings. The van der Waals surface area contributed by atoms with Gasteiger partial charge in [0.15, 0.2) is 6.61 Å². The minimum atomic E-state index is -0.522. The first-order valence-corrected chi connectivity index (χ1v) is 7.70. The van der Waals surface area contributed by atoms with Crippen LogP contribution in [0.5, 0.6) is 5.75 Å². The Kier molecular flexibility index (Phi) is 5.81. The molecule has 0 aromatic heterocycles. The van der Waals surface area contributed by atoms with Crippen molar-refractivity contribution < 1.29 is 19.1 Å². The molecular formula is C17H23NO4. The smallest absolute Gasteiger partial charge is 0.338 e. The highest BCUT2D eigenvalue weighted by Crippen LogP contribution is 2.23. The van der Waals surface area contributed by atoms with Gasteiger partial charge in [0.05, 0.1) is 12.7 Å². The number of carbonyl (C=O) groups excluding carboxylic acids is 2. The lowest BCUT2D eigenvalue weighted by Gasteiger charge is -2.29. The predicted molar refractivity (Wildman–Crippen MR) is 82.8 cm³/mol. The maximum Gasteiger partial charge on any atom is 0.338 e. The Labute approximate surface area is 131 Å². The second-order valence-corrected chi connectivity index (χ2v) is 5.74. The third-order valence-electron chi connectivity index (χ3n) is 4.10. The van der Waals surface area contributed by atoms with Gasteiger partial charge in [0.2, 0.25) is 0 Å². The van der Waals surface area contributed by atoms with Crippen molar-refractivity contribution in [2.24, 2.45) is 5.92 Å². The molecule has 0 saturated heterocycles. The van der Waals surface area contributed by atoms with Gasteiger partial charge in [0, 0.05) is 6.04 Å². The summed E-state index contributed by atoms with van der Waals surface area (Å²) in [5, 5.41) is 2.96. The largest absolute Gasteiger partial charge is 0.497 e. The van der Waals surface area contributed by atoms with Gasteiger partial charge in [0.25, 0.3) is 5.91 Å². The Balaban J connectivity index is 1.81. The van der Waals surface area contributed by atoms with Crippen LogP contribution in [-0.4, -0.2) is 31.6 Å². The molecule has 120 valence electrons. The molecule has 1 fully saturated rings. The fourth-order valence-electron chi connectivity index (χ4n) is 2.74. The topological polar surface area (TPSA) is 64.6 Å². The number of amides is 1. The maximum atomic E-state index is 11.9. The van der Waals surface area contributed by atoms with E-state index < -0.39 is 5.97 Å². The highest BCUT2D eigenvalue weighted by molar-refractivity contribution is 5.91. The number of esters is 1. The Morgan fingerprint density at radius 3 is 2.77 bits per heavy atom. The summed E-state index contributed by atoms with van der Waals surface area (Å²) in [5.74, 6) is 0.294. The number of benzene rings is 1. The van der Waals surface area contributed by atoms with E-state index in [9.17, 15) is 9.59 Å². The van der Waals surface area contributed by atoms with Gasteiger partial charge in [-0.25, -0.2) is 4.79 Å². The molecular weight excluding hydrogens is 282 g/mol. The van der Waals surface area contributed by atoms with Gasteiger partial charge in [-0.2, -0.15) is 0 Å². The number of carbonyl (C=O) groups is 2. The summed E-state index contributed by atoms with van der Waals surface area (Å²) < 4.78 is 10.1. The third-order valence-corrected chi connectivity index (χ3v) is 4.10. The van der Waals surface area contributed by atoms with Crippen molar-refractivity contribution in [3.8, 4) is 5.75 Å². The van der Waals surface area contributed by atoms with Crippen LogP contribution in [0.2, 0.25) is 0 Å². The summed E-state index contributed by atoms with van der Waals surface area (Å²) in [5.41, 5.74) is 0.373. The number of ether oxygens (including phenoxy) is 2. The number of nitrogens with one attached hydrogen (secondary N) is 1. The molecule has 5 nitrogen and oxygen atoms in total. The van der Waals surface area contributed by atoms with Crippen LogP contribution in [0.4, 0.5) is 0 Å². The molecule has 0 aliphatic heterocycles. The summed E-state index contributed by atoms with van der Waals surface area (Å²) in [6, 6.07) is 6.86. The molecule has 1 aromatic rings. The quantitative estimate of drug-likeness (QED) is 0.849. The van der Waals surface area contributed by atoms with E-state index in [0.717, 1.165) is 19.3 Å². The van der Waals surface area contributed by atoms with E-state index in [0.29, 0.717) is 17.2 Å². The number of rotatable bonds is 5. The average molecular weight is 305 g/mol. The van der Waals surface area contributed by atoms with Crippen LogP contribution < -0.4 is 10.1 Å². The van der Waals surface area contributed by atoms with Gasteiger partial charge in [0.1, 0.15) is 5.75 Å². The standard InChI is InChI=1S/C17H23NO4/c1-12-6-3-4-9-15(12)18-16(19)11-22-17(20)13-7-5-8-14(10-13)21-2/h5,7-8,10,12,15H,3-4,6,9,11H2,1-2H3,(H,18,19)/t12-,15-/m1/s1. The van der Waals surface area contributed by atoms with Gasteiger partial charge in [-0.15, -0.1) is 0 Å². The average Bonchev–Trinajstić information content (AvgIpc) is 2.55. The summed E-state index contributed by atoms with van der Waals surface area (Å²) >= 11 is 0. The maximum absolute atomic E-state index is 11.9. The fraction of sp³-hybridized carbons (Fsp3) is 0.529. The van der Waals surface area contributed by atoms with Crippen molar-refractivity contribution in [1.29, 1.82) is 0 Å². The molecule has 1 aliphatic carbocycles. The van der Waals surface area contributed by atoms with Crippen molar-refractivity contribution in [3.05, 3.63) is 29.8 Å². The normalized spacial score (nSPS) is 21.0. The Hall–Kier alpha value is -2.04. The van der Waals surface area contributed by atoms with Crippen LogP contribution in [-0.2, 0) is 9.53 Å². The highest BCUT2D eigenvalue weighted by atomic mass is 16.5. The summed E-state index contributed by atoms with van der Waals surface area (Å²) in [6.07, 6.45) is 4.49. The fourth-order valence-corrected chi connectivity index (χ4v) is 2.74. The molecule has 0 radical (unpaired) electrons. The van der Waals surface area contributed by atoms with Crippen LogP contribution in [0.15, 0.2) is 24.3 Å². The molecule has 1 N–H and O–H groups in total. The lowest BCUT2D eigenvalue weighted by Crippen LogP contribution is -2.42. The van der Waals surface area contributed by atoms with E-state index in [4.69, 9.17) is 9.47 Å². The molecule has 1 amide bonds. The lowest BCUT2D eigenvalue weighted by molar-refractivity contribution is -0.125. The lowest BCUT2D eigenvalue weighted by atomic mass is 9.86. The molecule has 0 heterocycles. The summed E-state index contributed by atoms with van der Waals surface area (Å²) in [6.45, 7) is 1.89. The van der Waals surface area contributed by atoms with E-state index >= 15 is 0 Å². The first-order chi connectivity index (χ1) is 10.6. The van der Waals surface area contributed by atoms with Gasteiger partial charge in [-0.1, -0.05) is 25.8 Å². The van der Waals surface area contributed by atoms with Crippen molar-refractivity contribution in [1.82, 2.24) is 5.32 Å². The van der Waals surface area contributed by atoms with E-state index in [1.807, 2.05) is 0 Å². The number of methoxy groups -OCH3 is 1. The van der Waals surface area contributed by atoms with Crippen LogP contribution in [0.1, 0.15) is 43.0 Å². The van der Waals surface area contributed by atoms with Gasteiger partial charge in [-0.05, 0) is 37.0 Å². The van der Waals surface area contributed by atoms with Gasteiger partial charge >= 0.3 is 5.97 Å². The molecule has 1 aromatic carbocycles. The Bertz CT molecular complexity index is 529. The zero-order valence-corrected chi connectivity index (χ0v) is 13.1. The van der Waals surface area contributed by atoms with Crippen molar-refractivity contribution in [3.63, 3.8) is 0 Å². The molecule has 1 saturated carbocycles. The van der Waals surface area contributed by atoms with E-state index in [-0.39, 0.29) is 18.6 Å². The first kappa shape index (κ1) is 16.3. The molecule has 2 rings (SSSR count). The summed E-state index contributed by atoms with van der Waals surface area (Å²) in [7, 11) is 1.53. The zero-order valence-electron chi connectivity index (χ0n) is 13.1. The molecule has 2 atom stereocenters. The number of hydrogen-bond acceptors (Lipinski definition) is 4. The van der Waals surface area contributed by atoms with Crippen molar-refractivity contribution in [2.45, 2.75) is 38.6 Å². The van der Waals surface area contributed by atoms with Crippen LogP contribution in [0, 0.1) is 5.92 Å². The minimum Gasteiger partial charge on any atom is -0.497 e. The molecule has 5 heteroatoms. The van der Waals surface area contributed by atoms with Gasteiger partial charge in [-0.3, -0.25) is 4.79 Å². The van der Waals surface area contributed by atoms with E-state index in [1.165, 1.54) is 13.5 Å². The minimum absolute atomic E-state index is 0.191. The Morgan fingerprint density at radius 1 is 1.27 bits per heavy atom. The first-order valence-electron chi connectivity index (χ1n) is 7.70. The van der Waals surface area contributed by atoms with E-state index in [1.54, 1.807) is 24.3 Å². The Morgan fingerprint density at radius 2 is 2.05 bits per heavy atom. The third kappa shape index (κ3) is 4.48. The second-order valence-electron chi connectivity index (χ2n) is 5.74. The molecule has 0 unspecified atom stereocenters. The monoisotopic (exact) mass is 305 g/mol. The molecule has 22 heavy (non-hydrogen) atoms. The van der Waals surface area contributed by atoms with E-state index in [2.05, 4.69) is 12.2 Å². The predicted octanol–water partition coefficient (Wildman–Crippen LogP) is 2.55. The SMILES string of the molecule is COc1cccc(C(=O)OCC(=O)N[C@@H]2CCCC[C@H]2C)c1. The van der Waals surface area contributed by atoms with Crippen LogP contribution in [0.3, 0.4) is 0 Å². The second kappa shape index (κ2) is 7.82. The highest BCUT2D eigenvalue weighted by Gasteiger charge is 2.23. The van der Waals surface area contributed by atoms with Crippen LogP contribution >= 0.6 is 0 Å². The molecule has 0 spiro atoms. The van der Waals surface area contributed by atoms with Crippen molar-refractivity contribution in [2.75, 3.05) is 13.7 Å². The van der Waals surface area contributed by atoms with Crippen LogP contribution in [0.25, 0.3) is 0 Å². The van der Waals surface area contributed by atoms with Crippen molar-refractivity contribution >= 4 is 11.9 Å². The molecule has 0 bridgehead atoms. The zero-order chi connectivity index (χ0) is 15.9.